The molecule has 2 N–H and O–H groups in total. The molecule has 4 nitrogen and oxygen atoms in total. The van der Waals surface area contributed by atoms with Crippen LogP contribution in [0, 0.1) is 5.92 Å². The van der Waals surface area contributed by atoms with E-state index in [1.807, 2.05) is 7.05 Å². The fourth-order valence-electron chi connectivity index (χ4n) is 1.94. The second-order valence-corrected chi connectivity index (χ2v) is 5.04. The molecule has 4 heteroatoms. The first kappa shape index (κ1) is 14.5. The van der Waals surface area contributed by atoms with Gasteiger partial charge in [-0.1, -0.05) is 6.92 Å². The third-order valence-corrected chi connectivity index (χ3v) is 3.43. The van der Waals surface area contributed by atoms with Crippen LogP contribution in [0.2, 0.25) is 0 Å². The van der Waals surface area contributed by atoms with Crippen LogP contribution in [0.25, 0.3) is 0 Å². The second kappa shape index (κ2) is 7.67. The van der Waals surface area contributed by atoms with E-state index < -0.39 is 0 Å². The van der Waals surface area contributed by atoms with Crippen LogP contribution in [-0.2, 0) is 4.79 Å². The van der Waals surface area contributed by atoms with Gasteiger partial charge in [0.1, 0.15) is 0 Å². The van der Waals surface area contributed by atoms with Gasteiger partial charge >= 0.3 is 0 Å². The minimum atomic E-state index is 0.243. The zero-order chi connectivity index (χ0) is 12.7. The van der Waals surface area contributed by atoms with Crippen molar-refractivity contribution in [1.29, 1.82) is 0 Å². The number of nitrogens with two attached hydrogens (primary N) is 1. The monoisotopic (exact) mass is 241 g/mol. The molecule has 0 bridgehead atoms. The first-order valence-corrected chi connectivity index (χ1v) is 6.83. The van der Waals surface area contributed by atoms with Crippen LogP contribution < -0.4 is 5.73 Å². The van der Waals surface area contributed by atoms with Crippen LogP contribution in [0.3, 0.4) is 0 Å². The third kappa shape index (κ3) is 6.03. The maximum atomic E-state index is 11.8. The van der Waals surface area contributed by atoms with Crippen molar-refractivity contribution in [2.24, 2.45) is 11.7 Å². The average Bonchev–Trinajstić information content (AvgIpc) is 3.14. The Morgan fingerprint density at radius 2 is 2.06 bits per heavy atom. The molecule has 1 rings (SSSR count). The summed E-state index contributed by atoms with van der Waals surface area (Å²) < 4.78 is 0. The van der Waals surface area contributed by atoms with Crippen molar-refractivity contribution >= 4 is 5.91 Å². The zero-order valence-electron chi connectivity index (χ0n) is 11.3. The molecule has 0 aromatic rings. The van der Waals surface area contributed by atoms with E-state index in [1.165, 1.54) is 19.4 Å². The number of carbonyl (C=O) groups is 1. The van der Waals surface area contributed by atoms with E-state index in [0.29, 0.717) is 13.0 Å². The molecule has 1 aliphatic carbocycles. The van der Waals surface area contributed by atoms with Crippen molar-refractivity contribution < 1.29 is 4.79 Å². The summed E-state index contributed by atoms with van der Waals surface area (Å²) in [5.41, 5.74) is 5.44. The highest BCUT2D eigenvalue weighted by Crippen LogP contribution is 2.29. The molecule has 1 fully saturated rings. The molecular formula is C13H27N3O. The van der Waals surface area contributed by atoms with Gasteiger partial charge in [-0.2, -0.15) is 0 Å². The minimum absolute atomic E-state index is 0.243. The first-order chi connectivity index (χ1) is 8.17. The molecule has 0 radical (unpaired) electrons. The topological polar surface area (TPSA) is 49.6 Å². The van der Waals surface area contributed by atoms with Crippen molar-refractivity contribution in [2.75, 3.05) is 39.8 Å². The lowest BCUT2D eigenvalue weighted by Gasteiger charge is -2.22. The summed E-state index contributed by atoms with van der Waals surface area (Å²) in [6.07, 6.45) is 4.28. The predicted octanol–water partition coefficient (Wildman–Crippen LogP) is 0.916. The standard InChI is InChI=1S/C13H27N3O/c1-3-16(11-12-5-6-12)10-7-13(17)15(2)9-4-8-14/h12H,3-11,14H2,1-2H3. The Morgan fingerprint density at radius 3 is 2.59 bits per heavy atom. The molecule has 1 aliphatic rings. The van der Waals surface area contributed by atoms with E-state index >= 15 is 0 Å². The number of hydrogen-bond acceptors (Lipinski definition) is 3. The lowest BCUT2D eigenvalue weighted by molar-refractivity contribution is -0.130. The molecule has 100 valence electrons. The van der Waals surface area contributed by atoms with E-state index in [4.69, 9.17) is 5.73 Å². The van der Waals surface area contributed by atoms with Gasteiger partial charge in [0, 0.05) is 33.1 Å². The normalized spacial score (nSPS) is 15.3. The highest BCUT2D eigenvalue weighted by molar-refractivity contribution is 5.76. The molecule has 0 atom stereocenters. The Balaban J connectivity index is 2.15. The number of hydrogen-bond donors (Lipinski definition) is 1. The Bertz CT molecular complexity index is 229. The third-order valence-electron chi connectivity index (χ3n) is 3.43. The van der Waals surface area contributed by atoms with Gasteiger partial charge in [-0.15, -0.1) is 0 Å². The number of amides is 1. The molecule has 1 amide bonds. The van der Waals surface area contributed by atoms with E-state index in [2.05, 4.69) is 11.8 Å². The number of carbonyl (C=O) groups excluding carboxylic acids is 1. The Morgan fingerprint density at radius 1 is 1.35 bits per heavy atom. The molecule has 17 heavy (non-hydrogen) atoms. The Hall–Kier alpha value is -0.610. The summed E-state index contributed by atoms with van der Waals surface area (Å²) in [4.78, 5) is 16.0. The average molecular weight is 241 g/mol. The molecule has 1 saturated carbocycles. The van der Waals surface area contributed by atoms with E-state index in [1.54, 1.807) is 4.90 Å². The van der Waals surface area contributed by atoms with Crippen LogP contribution >= 0.6 is 0 Å². The summed E-state index contributed by atoms with van der Waals surface area (Å²) in [5, 5.41) is 0. The second-order valence-electron chi connectivity index (χ2n) is 5.04. The molecule has 0 spiro atoms. The maximum Gasteiger partial charge on any atom is 0.223 e. The Labute approximate surface area is 105 Å². The lowest BCUT2D eigenvalue weighted by Crippen LogP contribution is -2.34. The van der Waals surface area contributed by atoms with Gasteiger partial charge in [-0.05, 0) is 38.3 Å². The van der Waals surface area contributed by atoms with Crippen LogP contribution in [0.5, 0.6) is 0 Å². The lowest BCUT2D eigenvalue weighted by atomic mass is 10.3. The molecular weight excluding hydrogens is 214 g/mol. The van der Waals surface area contributed by atoms with Crippen molar-refractivity contribution in [2.45, 2.75) is 32.6 Å². The largest absolute Gasteiger partial charge is 0.346 e. The number of rotatable bonds is 9. The van der Waals surface area contributed by atoms with Gasteiger partial charge in [0.05, 0.1) is 0 Å². The minimum Gasteiger partial charge on any atom is -0.346 e. The van der Waals surface area contributed by atoms with Crippen LogP contribution in [0.15, 0.2) is 0 Å². The van der Waals surface area contributed by atoms with Gasteiger partial charge < -0.3 is 15.5 Å². The smallest absolute Gasteiger partial charge is 0.223 e. The van der Waals surface area contributed by atoms with Crippen molar-refractivity contribution in [3.63, 3.8) is 0 Å². The van der Waals surface area contributed by atoms with E-state index in [9.17, 15) is 4.79 Å². The maximum absolute atomic E-state index is 11.8. The molecule has 0 aromatic carbocycles. The molecule has 0 heterocycles. The SMILES string of the molecule is CCN(CCC(=O)N(C)CCCN)CC1CC1. The molecule has 0 aliphatic heterocycles. The summed E-state index contributed by atoms with van der Waals surface area (Å²) in [5.74, 6) is 1.15. The summed E-state index contributed by atoms with van der Waals surface area (Å²) in [6.45, 7) is 6.74. The Kier molecular flexibility index (Phi) is 6.52. The highest BCUT2D eigenvalue weighted by Gasteiger charge is 2.23. The van der Waals surface area contributed by atoms with Crippen LogP contribution in [0.4, 0.5) is 0 Å². The van der Waals surface area contributed by atoms with Crippen molar-refractivity contribution in [1.82, 2.24) is 9.80 Å². The van der Waals surface area contributed by atoms with Crippen LogP contribution in [0.1, 0.15) is 32.6 Å². The van der Waals surface area contributed by atoms with Gasteiger partial charge in [0.15, 0.2) is 0 Å². The fourth-order valence-corrected chi connectivity index (χ4v) is 1.94. The summed E-state index contributed by atoms with van der Waals surface area (Å²) in [7, 11) is 1.87. The number of nitrogens with zero attached hydrogens (tertiary/aromatic N) is 2. The molecule has 0 saturated heterocycles. The highest BCUT2D eigenvalue weighted by atomic mass is 16.2. The quantitative estimate of drug-likeness (QED) is 0.653. The zero-order valence-corrected chi connectivity index (χ0v) is 11.3. The van der Waals surface area contributed by atoms with Crippen molar-refractivity contribution in [3.05, 3.63) is 0 Å². The van der Waals surface area contributed by atoms with Gasteiger partial charge in [-0.25, -0.2) is 0 Å². The van der Waals surface area contributed by atoms with E-state index in [-0.39, 0.29) is 5.91 Å². The molecule has 0 unspecified atom stereocenters. The van der Waals surface area contributed by atoms with Crippen molar-refractivity contribution in [3.8, 4) is 0 Å². The summed E-state index contributed by atoms with van der Waals surface area (Å²) in [6, 6.07) is 0. The van der Waals surface area contributed by atoms with Gasteiger partial charge in [0.2, 0.25) is 5.91 Å². The fraction of sp³-hybridized carbons (Fsp3) is 0.923. The molecule has 0 aromatic heterocycles. The van der Waals surface area contributed by atoms with Gasteiger partial charge in [0.25, 0.3) is 0 Å². The van der Waals surface area contributed by atoms with E-state index in [0.717, 1.165) is 32.0 Å². The predicted molar refractivity (Wildman–Crippen MR) is 70.8 cm³/mol. The van der Waals surface area contributed by atoms with Gasteiger partial charge in [-0.3, -0.25) is 4.79 Å². The summed E-state index contributed by atoms with van der Waals surface area (Å²) >= 11 is 0. The van der Waals surface area contributed by atoms with Crippen LogP contribution in [-0.4, -0.2) is 55.5 Å². The first-order valence-electron chi connectivity index (χ1n) is 6.83.